The van der Waals surface area contributed by atoms with E-state index in [9.17, 15) is 0 Å². The van der Waals surface area contributed by atoms with Crippen LogP contribution in [0.4, 0.5) is 0 Å². The molecule has 5 heteroatoms. The van der Waals surface area contributed by atoms with Crippen LogP contribution in [0.15, 0.2) is 30.5 Å². The Morgan fingerprint density at radius 1 is 1.26 bits per heavy atom. The fourth-order valence-corrected chi connectivity index (χ4v) is 3.34. The Hall–Kier alpha value is -2.27. The number of nitrogens with zero attached hydrogens (tertiary/aromatic N) is 2. The first-order chi connectivity index (χ1) is 11.3. The first kappa shape index (κ1) is 14.3. The van der Waals surface area contributed by atoms with Gasteiger partial charge >= 0.3 is 0 Å². The molecule has 23 heavy (non-hydrogen) atoms. The number of ether oxygens (including phenoxy) is 1. The van der Waals surface area contributed by atoms with Crippen LogP contribution in [0.5, 0.6) is 5.75 Å². The Morgan fingerprint density at radius 2 is 2.22 bits per heavy atom. The monoisotopic (exact) mass is 310 g/mol. The Morgan fingerprint density at radius 3 is 3.13 bits per heavy atom. The molecule has 3 aromatic rings. The van der Waals surface area contributed by atoms with Crippen LogP contribution in [0.25, 0.3) is 10.9 Å². The molecule has 0 saturated heterocycles. The Bertz CT molecular complexity index is 818. The van der Waals surface area contributed by atoms with E-state index in [4.69, 9.17) is 4.74 Å². The molecule has 0 bridgehead atoms. The fraction of sp³-hybridized carbons (Fsp3) is 0.389. The molecular weight excluding hydrogens is 288 g/mol. The van der Waals surface area contributed by atoms with Crippen LogP contribution >= 0.6 is 0 Å². The van der Waals surface area contributed by atoms with Crippen LogP contribution in [0.1, 0.15) is 30.1 Å². The number of hydrogen-bond donors (Lipinski definition) is 2. The van der Waals surface area contributed by atoms with Crippen LogP contribution in [-0.2, 0) is 26.1 Å². The van der Waals surface area contributed by atoms with E-state index < -0.39 is 0 Å². The van der Waals surface area contributed by atoms with Gasteiger partial charge in [-0.1, -0.05) is 0 Å². The predicted molar refractivity (Wildman–Crippen MR) is 90.6 cm³/mol. The van der Waals surface area contributed by atoms with E-state index >= 15 is 0 Å². The van der Waals surface area contributed by atoms with Gasteiger partial charge in [0.25, 0.3) is 0 Å². The van der Waals surface area contributed by atoms with E-state index in [0.717, 1.165) is 37.3 Å². The average Bonchev–Trinajstić information content (AvgIpc) is 3.18. The maximum atomic E-state index is 5.28. The molecule has 2 N–H and O–H groups in total. The van der Waals surface area contributed by atoms with Gasteiger partial charge in [0.2, 0.25) is 0 Å². The van der Waals surface area contributed by atoms with E-state index in [1.807, 2.05) is 12.3 Å². The molecule has 0 unspecified atom stereocenters. The SMILES string of the molecule is COc1ccc2[nH]c(CNCc3cnc4n3CCCC4)cc2c1. The predicted octanol–water partition coefficient (Wildman–Crippen LogP) is 3.00. The van der Waals surface area contributed by atoms with Crippen LogP contribution in [0.3, 0.4) is 0 Å². The van der Waals surface area contributed by atoms with Gasteiger partial charge in [0.1, 0.15) is 11.6 Å². The molecule has 120 valence electrons. The summed E-state index contributed by atoms with van der Waals surface area (Å²) in [6.07, 6.45) is 5.66. The lowest BCUT2D eigenvalue weighted by Gasteiger charge is -2.16. The number of aromatic nitrogens is 3. The average molecular weight is 310 g/mol. The highest BCUT2D eigenvalue weighted by molar-refractivity contribution is 5.81. The molecule has 0 atom stereocenters. The number of methoxy groups -OCH3 is 1. The summed E-state index contributed by atoms with van der Waals surface area (Å²) in [5, 5.41) is 4.70. The first-order valence-electron chi connectivity index (χ1n) is 8.23. The minimum absolute atomic E-state index is 0.817. The molecule has 1 aliphatic rings. The number of H-pyrrole nitrogens is 1. The summed E-state index contributed by atoms with van der Waals surface area (Å²) in [6, 6.07) is 8.28. The van der Waals surface area contributed by atoms with Gasteiger partial charge in [0.05, 0.1) is 12.8 Å². The van der Waals surface area contributed by atoms with Gasteiger partial charge < -0.3 is 19.6 Å². The molecule has 5 nitrogen and oxygen atoms in total. The van der Waals surface area contributed by atoms with Crippen molar-refractivity contribution in [3.05, 3.63) is 47.7 Å². The van der Waals surface area contributed by atoms with E-state index in [-0.39, 0.29) is 0 Å². The van der Waals surface area contributed by atoms with Crippen LogP contribution < -0.4 is 10.1 Å². The largest absolute Gasteiger partial charge is 0.497 e. The van der Waals surface area contributed by atoms with Crippen molar-refractivity contribution in [3.8, 4) is 5.75 Å². The van der Waals surface area contributed by atoms with E-state index in [2.05, 4.69) is 38.1 Å². The summed E-state index contributed by atoms with van der Waals surface area (Å²) in [4.78, 5) is 7.99. The van der Waals surface area contributed by atoms with Gasteiger partial charge in [-0.15, -0.1) is 0 Å². The third-order valence-corrected chi connectivity index (χ3v) is 4.56. The molecule has 1 aliphatic heterocycles. The second-order valence-electron chi connectivity index (χ2n) is 6.13. The quantitative estimate of drug-likeness (QED) is 0.762. The van der Waals surface area contributed by atoms with Crippen molar-refractivity contribution < 1.29 is 4.74 Å². The highest BCUT2D eigenvalue weighted by Crippen LogP contribution is 2.21. The lowest BCUT2D eigenvalue weighted by molar-refractivity contribution is 0.415. The zero-order valence-electron chi connectivity index (χ0n) is 13.4. The second kappa shape index (κ2) is 6.08. The number of nitrogens with one attached hydrogen (secondary N) is 2. The molecule has 0 aliphatic carbocycles. The standard InChI is InChI=1S/C18H22N4O/c1-23-16-5-6-17-13(9-16)8-14(21-17)10-19-11-15-12-20-18-4-2-3-7-22(15)18/h5-6,8-9,12,19,21H,2-4,7,10-11H2,1H3. The number of aromatic amines is 1. The maximum absolute atomic E-state index is 5.28. The Kier molecular flexibility index (Phi) is 3.79. The Labute approximate surface area is 135 Å². The minimum atomic E-state index is 0.817. The number of rotatable bonds is 5. The summed E-state index contributed by atoms with van der Waals surface area (Å²) < 4.78 is 7.64. The molecule has 0 amide bonds. The van der Waals surface area contributed by atoms with Crippen LogP contribution in [-0.4, -0.2) is 21.6 Å². The molecule has 1 aromatic carbocycles. The highest BCUT2D eigenvalue weighted by Gasteiger charge is 2.13. The van der Waals surface area contributed by atoms with Crippen molar-refractivity contribution in [1.82, 2.24) is 19.9 Å². The van der Waals surface area contributed by atoms with Gasteiger partial charge in [0, 0.05) is 48.8 Å². The van der Waals surface area contributed by atoms with Gasteiger partial charge in [0.15, 0.2) is 0 Å². The first-order valence-corrected chi connectivity index (χ1v) is 8.23. The summed E-state index contributed by atoms with van der Waals surface area (Å²) in [5.74, 6) is 2.13. The third kappa shape index (κ3) is 2.84. The van der Waals surface area contributed by atoms with Gasteiger partial charge in [-0.05, 0) is 37.1 Å². The third-order valence-electron chi connectivity index (χ3n) is 4.56. The molecule has 0 fully saturated rings. The summed E-state index contributed by atoms with van der Waals surface area (Å²) in [5.41, 5.74) is 3.62. The molecule has 3 heterocycles. The lowest BCUT2D eigenvalue weighted by atomic mass is 10.1. The smallest absolute Gasteiger partial charge is 0.119 e. The van der Waals surface area contributed by atoms with Gasteiger partial charge in [-0.25, -0.2) is 4.98 Å². The molecule has 0 spiro atoms. The van der Waals surface area contributed by atoms with Gasteiger partial charge in [-0.2, -0.15) is 0 Å². The minimum Gasteiger partial charge on any atom is -0.497 e. The molecule has 0 radical (unpaired) electrons. The maximum Gasteiger partial charge on any atom is 0.119 e. The second-order valence-corrected chi connectivity index (χ2v) is 6.13. The molecule has 4 rings (SSSR count). The van der Waals surface area contributed by atoms with Crippen molar-refractivity contribution >= 4 is 10.9 Å². The van der Waals surface area contributed by atoms with E-state index in [0.29, 0.717) is 0 Å². The summed E-state index contributed by atoms with van der Waals surface area (Å²) in [7, 11) is 1.70. The number of hydrogen-bond acceptors (Lipinski definition) is 3. The van der Waals surface area contributed by atoms with Gasteiger partial charge in [-0.3, -0.25) is 0 Å². The zero-order valence-corrected chi connectivity index (χ0v) is 13.4. The van der Waals surface area contributed by atoms with Crippen molar-refractivity contribution in [1.29, 1.82) is 0 Å². The Balaban J connectivity index is 1.42. The van der Waals surface area contributed by atoms with E-state index in [1.165, 1.54) is 35.4 Å². The van der Waals surface area contributed by atoms with Crippen molar-refractivity contribution in [2.24, 2.45) is 0 Å². The topological polar surface area (TPSA) is 54.9 Å². The van der Waals surface area contributed by atoms with Crippen molar-refractivity contribution in [2.75, 3.05) is 7.11 Å². The number of benzene rings is 1. The zero-order chi connectivity index (χ0) is 15.6. The normalized spacial score (nSPS) is 14.1. The van der Waals surface area contributed by atoms with Crippen LogP contribution in [0.2, 0.25) is 0 Å². The number of fused-ring (bicyclic) bond motifs is 2. The summed E-state index contributed by atoms with van der Waals surface area (Å²) in [6.45, 7) is 2.78. The van der Waals surface area contributed by atoms with Crippen LogP contribution in [0, 0.1) is 0 Å². The number of imidazole rings is 1. The summed E-state index contributed by atoms with van der Waals surface area (Å²) >= 11 is 0. The lowest BCUT2D eigenvalue weighted by Crippen LogP contribution is -2.19. The highest BCUT2D eigenvalue weighted by atomic mass is 16.5. The molecular formula is C18H22N4O. The van der Waals surface area contributed by atoms with Crippen molar-refractivity contribution in [3.63, 3.8) is 0 Å². The van der Waals surface area contributed by atoms with E-state index in [1.54, 1.807) is 7.11 Å². The number of aryl methyl sites for hydroxylation is 1. The van der Waals surface area contributed by atoms with Crippen molar-refractivity contribution in [2.45, 2.75) is 38.9 Å². The fourth-order valence-electron chi connectivity index (χ4n) is 3.34. The molecule has 2 aromatic heterocycles. The molecule has 0 saturated carbocycles.